The molecule has 3 aromatic rings. The van der Waals surface area contributed by atoms with Crippen LogP contribution >= 0.6 is 23.1 Å². The second-order valence-electron chi connectivity index (χ2n) is 6.85. The van der Waals surface area contributed by atoms with Crippen LogP contribution in [0.25, 0.3) is 5.69 Å². The van der Waals surface area contributed by atoms with Crippen molar-refractivity contribution in [2.45, 2.75) is 24.4 Å². The van der Waals surface area contributed by atoms with Crippen LogP contribution < -0.4 is 11.1 Å². The summed E-state index contributed by atoms with van der Waals surface area (Å²) in [5, 5.41) is 3.71. The minimum Gasteiger partial charge on any atom is -0.451 e. The number of nitrogens with two attached hydrogens (primary N) is 1. The first kappa shape index (κ1) is 21.1. The van der Waals surface area contributed by atoms with E-state index in [4.69, 9.17) is 10.5 Å². The summed E-state index contributed by atoms with van der Waals surface area (Å²) in [6.45, 7) is -0.492. The largest absolute Gasteiger partial charge is 0.451 e. The van der Waals surface area contributed by atoms with Gasteiger partial charge in [-0.25, -0.2) is 9.78 Å². The molecule has 8 nitrogen and oxygen atoms in total. The molecule has 4 rings (SSSR count). The number of primary amides is 1. The molecule has 0 aliphatic heterocycles. The van der Waals surface area contributed by atoms with E-state index in [1.807, 2.05) is 36.6 Å². The lowest BCUT2D eigenvalue weighted by Crippen LogP contribution is -2.23. The van der Waals surface area contributed by atoms with Crippen LogP contribution in [-0.4, -0.2) is 40.2 Å². The molecule has 0 spiro atoms. The van der Waals surface area contributed by atoms with Gasteiger partial charge in [-0.1, -0.05) is 30.0 Å². The number of aryl methyl sites for hydroxylation is 1. The van der Waals surface area contributed by atoms with E-state index in [0.717, 1.165) is 35.4 Å². The zero-order chi connectivity index (χ0) is 22.0. The Bertz CT molecular complexity index is 1150. The van der Waals surface area contributed by atoms with E-state index >= 15 is 0 Å². The molecule has 0 saturated carbocycles. The number of fused-ring (bicyclic) bond motifs is 1. The number of hydrogen-bond acceptors (Lipinski definition) is 7. The number of aromatic nitrogens is 2. The van der Waals surface area contributed by atoms with Crippen LogP contribution in [0.2, 0.25) is 0 Å². The molecule has 3 N–H and O–H groups in total. The number of para-hydroxylation sites is 1. The van der Waals surface area contributed by atoms with Crippen LogP contribution in [0.1, 0.15) is 37.7 Å². The minimum absolute atomic E-state index is 0.219. The van der Waals surface area contributed by atoms with Gasteiger partial charge in [-0.2, -0.15) is 0 Å². The summed E-state index contributed by atoms with van der Waals surface area (Å²) in [6.07, 6.45) is 5.90. The van der Waals surface area contributed by atoms with E-state index in [9.17, 15) is 14.4 Å². The summed E-state index contributed by atoms with van der Waals surface area (Å²) in [6, 6.07) is 9.30. The van der Waals surface area contributed by atoms with Crippen LogP contribution in [0.15, 0.2) is 41.7 Å². The van der Waals surface area contributed by atoms with Crippen molar-refractivity contribution in [2.75, 3.05) is 18.2 Å². The number of carbonyl (C=O) groups excluding carboxylic acids is 3. The second kappa shape index (κ2) is 8.94. The van der Waals surface area contributed by atoms with Gasteiger partial charge in [-0.05, 0) is 43.2 Å². The number of carbonyl (C=O) groups is 3. The van der Waals surface area contributed by atoms with Gasteiger partial charge in [0, 0.05) is 10.6 Å². The van der Waals surface area contributed by atoms with E-state index in [1.54, 1.807) is 4.57 Å². The minimum atomic E-state index is -0.671. The number of thioether (sulfide) groups is 1. The smallest absolute Gasteiger partial charge is 0.357 e. The van der Waals surface area contributed by atoms with Gasteiger partial charge >= 0.3 is 5.97 Å². The van der Waals surface area contributed by atoms with Crippen molar-refractivity contribution in [1.29, 1.82) is 0 Å². The molecule has 31 heavy (non-hydrogen) atoms. The molecular weight excluding hydrogens is 436 g/mol. The Morgan fingerprint density at radius 2 is 2.03 bits per heavy atom. The van der Waals surface area contributed by atoms with E-state index < -0.39 is 24.4 Å². The first-order valence-corrected chi connectivity index (χ1v) is 11.6. The second-order valence-corrected chi connectivity index (χ2v) is 8.73. The summed E-state index contributed by atoms with van der Waals surface area (Å²) >= 11 is 2.74. The van der Waals surface area contributed by atoms with Crippen molar-refractivity contribution >= 4 is 45.9 Å². The monoisotopic (exact) mass is 456 g/mol. The zero-order valence-corrected chi connectivity index (χ0v) is 18.3. The van der Waals surface area contributed by atoms with Gasteiger partial charge < -0.3 is 15.8 Å². The third-order valence-corrected chi connectivity index (χ3v) is 6.75. The number of benzene rings is 1. The van der Waals surface area contributed by atoms with Crippen LogP contribution in [-0.2, 0) is 22.4 Å². The van der Waals surface area contributed by atoms with Gasteiger partial charge in [0.25, 0.3) is 11.8 Å². The Hall–Kier alpha value is -3.11. The molecule has 1 aliphatic carbocycles. The predicted molar refractivity (Wildman–Crippen MR) is 119 cm³/mol. The number of ether oxygens (including phenoxy) is 1. The lowest BCUT2D eigenvalue weighted by atomic mass is 10.1. The van der Waals surface area contributed by atoms with Crippen molar-refractivity contribution in [3.63, 3.8) is 0 Å². The summed E-state index contributed by atoms with van der Waals surface area (Å²) in [4.78, 5) is 42.3. The summed E-state index contributed by atoms with van der Waals surface area (Å²) in [5.41, 5.74) is 7.78. The molecule has 0 radical (unpaired) electrons. The molecule has 160 valence electrons. The van der Waals surface area contributed by atoms with E-state index in [1.165, 1.54) is 29.3 Å². The van der Waals surface area contributed by atoms with E-state index in [2.05, 4.69) is 10.3 Å². The third kappa shape index (κ3) is 4.21. The number of hydrogen-bond donors (Lipinski definition) is 2. The fourth-order valence-electron chi connectivity index (χ4n) is 3.57. The average molecular weight is 457 g/mol. The van der Waals surface area contributed by atoms with Gasteiger partial charge in [-0.15, -0.1) is 11.3 Å². The van der Waals surface area contributed by atoms with Crippen molar-refractivity contribution in [3.05, 3.63) is 58.2 Å². The molecule has 2 amide bonds. The van der Waals surface area contributed by atoms with Crippen LogP contribution in [0.3, 0.4) is 0 Å². The van der Waals surface area contributed by atoms with Crippen molar-refractivity contribution in [2.24, 2.45) is 5.73 Å². The van der Waals surface area contributed by atoms with Crippen LogP contribution in [0.5, 0.6) is 0 Å². The first-order valence-electron chi connectivity index (χ1n) is 9.58. The molecule has 10 heteroatoms. The predicted octanol–water partition coefficient (Wildman–Crippen LogP) is 3.04. The van der Waals surface area contributed by atoms with Gasteiger partial charge in [0.2, 0.25) is 0 Å². The highest BCUT2D eigenvalue weighted by Crippen LogP contribution is 2.38. The number of thiophene rings is 1. The lowest BCUT2D eigenvalue weighted by molar-refractivity contribution is -0.119. The molecule has 1 aromatic carbocycles. The number of nitrogens with one attached hydrogen (secondary N) is 1. The molecule has 0 atom stereocenters. The highest BCUT2D eigenvalue weighted by atomic mass is 32.2. The first-order chi connectivity index (χ1) is 15.0. The quantitative estimate of drug-likeness (QED) is 0.417. The molecular formula is C21H20N4O4S2. The van der Waals surface area contributed by atoms with Gasteiger partial charge in [0.1, 0.15) is 5.00 Å². The normalized spacial score (nSPS) is 12.4. The van der Waals surface area contributed by atoms with Crippen molar-refractivity contribution < 1.29 is 19.1 Å². The maximum atomic E-state index is 12.7. The highest BCUT2D eigenvalue weighted by molar-refractivity contribution is 7.98. The molecule has 0 bridgehead atoms. The SMILES string of the molecule is CSc1ncc(C(=O)OCC(=O)Nc2sc3c(c2C(N)=O)CCC3)n1-c1ccccc1. The fraction of sp³-hybridized carbons (Fsp3) is 0.238. The van der Waals surface area contributed by atoms with Gasteiger partial charge in [0.05, 0.1) is 11.8 Å². The Balaban J connectivity index is 1.46. The maximum absolute atomic E-state index is 12.7. The van der Waals surface area contributed by atoms with Crippen molar-refractivity contribution in [3.8, 4) is 5.69 Å². The molecule has 0 unspecified atom stereocenters. The van der Waals surface area contributed by atoms with Crippen molar-refractivity contribution in [1.82, 2.24) is 9.55 Å². The summed E-state index contributed by atoms with van der Waals surface area (Å²) in [7, 11) is 0. The highest BCUT2D eigenvalue weighted by Gasteiger charge is 2.26. The Kier molecular flexibility index (Phi) is 6.10. The standard InChI is InChI=1S/C21H20N4O4S2/c1-30-21-23-10-14(25(21)12-6-3-2-4-7-12)20(28)29-11-16(26)24-19-17(18(22)27)13-8-5-9-15(13)31-19/h2-4,6-7,10H,5,8-9,11H2,1H3,(H2,22,27)(H,24,26). The maximum Gasteiger partial charge on any atom is 0.357 e. The molecule has 1 aliphatic rings. The van der Waals surface area contributed by atoms with Gasteiger partial charge in [-0.3, -0.25) is 14.2 Å². The molecule has 2 aromatic heterocycles. The molecule has 0 fully saturated rings. The number of amides is 2. The average Bonchev–Trinajstić information content (AvgIpc) is 3.46. The van der Waals surface area contributed by atoms with Crippen LogP contribution in [0.4, 0.5) is 5.00 Å². The number of imidazole rings is 1. The number of nitrogens with zero attached hydrogens (tertiary/aromatic N) is 2. The molecule has 0 saturated heterocycles. The zero-order valence-electron chi connectivity index (χ0n) is 16.7. The van der Waals surface area contributed by atoms with Gasteiger partial charge in [0.15, 0.2) is 17.5 Å². The number of esters is 1. The van der Waals surface area contributed by atoms with E-state index in [0.29, 0.717) is 15.7 Å². The third-order valence-electron chi connectivity index (χ3n) is 4.89. The fourth-order valence-corrected chi connectivity index (χ4v) is 5.43. The van der Waals surface area contributed by atoms with Crippen LogP contribution in [0, 0.1) is 0 Å². The Morgan fingerprint density at radius 1 is 1.26 bits per heavy atom. The number of anilines is 1. The number of rotatable bonds is 7. The summed E-state index contributed by atoms with van der Waals surface area (Å²) < 4.78 is 6.91. The molecule has 2 heterocycles. The summed E-state index contributed by atoms with van der Waals surface area (Å²) in [5.74, 6) is -1.77. The lowest BCUT2D eigenvalue weighted by Gasteiger charge is -2.11. The Labute approximate surface area is 186 Å². The Morgan fingerprint density at radius 3 is 2.74 bits per heavy atom. The topological polar surface area (TPSA) is 116 Å². The van der Waals surface area contributed by atoms with E-state index in [-0.39, 0.29) is 5.69 Å².